The first-order chi connectivity index (χ1) is 13.0. The van der Waals surface area contributed by atoms with E-state index < -0.39 is 6.17 Å². The lowest BCUT2D eigenvalue weighted by molar-refractivity contribution is 0.285. The number of anilines is 3. The molecule has 1 aliphatic rings. The second-order valence-electron chi connectivity index (χ2n) is 7.35. The molecule has 146 valence electrons. The number of hydrogen-bond acceptors (Lipinski definition) is 5. The Morgan fingerprint density at radius 1 is 1.37 bits per heavy atom. The van der Waals surface area contributed by atoms with Crippen LogP contribution in [0.15, 0.2) is 24.4 Å². The van der Waals surface area contributed by atoms with E-state index in [9.17, 15) is 4.39 Å². The standard InChI is InChI=1S/C21H29FN4O/c1-5-27-19-11-15(4)18(12-17(19)14(2)3)24-20-8-9-23-21(25-20)26-10-6-7-16(22)13-26/h8-9,11-12,14,16H,5-7,10,13H2,1-4H3,(H,23,24,25). The van der Waals surface area contributed by atoms with Gasteiger partial charge in [0.2, 0.25) is 5.95 Å². The Morgan fingerprint density at radius 2 is 2.19 bits per heavy atom. The third-order valence-electron chi connectivity index (χ3n) is 4.83. The van der Waals surface area contributed by atoms with Gasteiger partial charge in [0.05, 0.1) is 13.2 Å². The Morgan fingerprint density at radius 3 is 2.89 bits per heavy atom. The lowest BCUT2D eigenvalue weighted by Crippen LogP contribution is -2.37. The molecule has 0 bridgehead atoms. The van der Waals surface area contributed by atoms with Crippen LogP contribution in [0.5, 0.6) is 5.75 Å². The molecule has 1 N–H and O–H groups in total. The highest BCUT2D eigenvalue weighted by molar-refractivity contribution is 5.64. The summed E-state index contributed by atoms with van der Waals surface area (Å²) in [5, 5.41) is 3.40. The van der Waals surface area contributed by atoms with E-state index in [1.807, 2.05) is 17.9 Å². The molecule has 0 aliphatic carbocycles. The second kappa shape index (κ2) is 8.55. The van der Waals surface area contributed by atoms with E-state index in [0.717, 1.165) is 35.5 Å². The number of hydrogen-bond donors (Lipinski definition) is 1. The number of nitrogens with zero attached hydrogens (tertiary/aromatic N) is 3. The van der Waals surface area contributed by atoms with Gasteiger partial charge < -0.3 is 15.0 Å². The minimum Gasteiger partial charge on any atom is -0.494 e. The highest BCUT2D eigenvalue weighted by Crippen LogP contribution is 2.33. The molecule has 2 aromatic rings. The van der Waals surface area contributed by atoms with Gasteiger partial charge in [-0.15, -0.1) is 0 Å². The number of piperidine rings is 1. The molecule has 1 aromatic heterocycles. The van der Waals surface area contributed by atoms with Crippen molar-refractivity contribution in [1.82, 2.24) is 9.97 Å². The molecule has 1 fully saturated rings. The lowest BCUT2D eigenvalue weighted by atomic mass is 9.99. The maximum atomic E-state index is 13.7. The van der Waals surface area contributed by atoms with Gasteiger partial charge in [-0.1, -0.05) is 13.8 Å². The monoisotopic (exact) mass is 372 g/mol. The number of aromatic nitrogens is 2. The van der Waals surface area contributed by atoms with Gasteiger partial charge >= 0.3 is 0 Å². The van der Waals surface area contributed by atoms with Crippen molar-refractivity contribution in [2.45, 2.75) is 52.6 Å². The van der Waals surface area contributed by atoms with E-state index in [-0.39, 0.29) is 0 Å². The van der Waals surface area contributed by atoms with E-state index >= 15 is 0 Å². The predicted molar refractivity (Wildman–Crippen MR) is 108 cm³/mol. The molecular weight excluding hydrogens is 343 g/mol. The zero-order valence-electron chi connectivity index (χ0n) is 16.6. The van der Waals surface area contributed by atoms with E-state index in [1.165, 1.54) is 0 Å². The van der Waals surface area contributed by atoms with Crippen molar-refractivity contribution in [1.29, 1.82) is 0 Å². The first-order valence-corrected chi connectivity index (χ1v) is 9.74. The Hall–Kier alpha value is -2.37. The molecule has 0 amide bonds. The molecule has 1 aliphatic heterocycles. The van der Waals surface area contributed by atoms with Gasteiger partial charge in [0, 0.05) is 18.4 Å². The Bertz CT molecular complexity index is 781. The first kappa shape index (κ1) is 19.4. The van der Waals surface area contributed by atoms with Crippen LogP contribution in [0.1, 0.15) is 50.7 Å². The molecule has 1 aromatic carbocycles. The van der Waals surface area contributed by atoms with Gasteiger partial charge in [0.1, 0.15) is 17.7 Å². The second-order valence-corrected chi connectivity index (χ2v) is 7.35. The predicted octanol–water partition coefficient (Wildman–Crippen LogP) is 4.99. The van der Waals surface area contributed by atoms with E-state index in [0.29, 0.717) is 37.3 Å². The quantitative estimate of drug-likeness (QED) is 0.774. The van der Waals surface area contributed by atoms with Crippen molar-refractivity contribution >= 4 is 17.5 Å². The molecule has 1 atom stereocenters. The molecule has 2 heterocycles. The Kier molecular flexibility index (Phi) is 6.14. The number of halogens is 1. The first-order valence-electron chi connectivity index (χ1n) is 9.74. The smallest absolute Gasteiger partial charge is 0.227 e. The average Bonchev–Trinajstić information content (AvgIpc) is 2.64. The van der Waals surface area contributed by atoms with Gasteiger partial charge in [0.25, 0.3) is 0 Å². The third kappa shape index (κ3) is 4.67. The fourth-order valence-electron chi connectivity index (χ4n) is 3.38. The molecule has 0 radical (unpaired) electrons. The van der Waals surface area contributed by atoms with Crippen molar-refractivity contribution in [3.8, 4) is 5.75 Å². The molecule has 0 saturated carbocycles. The van der Waals surface area contributed by atoms with Crippen LogP contribution in [-0.4, -0.2) is 35.8 Å². The zero-order valence-corrected chi connectivity index (χ0v) is 16.6. The van der Waals surface area contributed by atoms with Gasteiger partial charge in [0.15, 0.2) is 0 Å². The topological polar surface area (TPSA) is 50.3 Å². The highest BCUT2D eigenvalue weighted by Gasteiger charge is 2.21. The van der Waals surface area contributed by atoms with Crippen molar-refractivity contribution < 1.29 is 9.13 Å². The average molecular weight is 372 g/mol. The summed E-state index contributed by atoms with van der Waals surface area (Å²) in [5.74, 6) is 2.57. The lowest BCUT2D eigenvalue weighted by Gasteiger charge is -2.29. The summed E-state index contributed by atoms with van der Waals surface area (Å²) in [7, 11) is 0. The van der Waals surface area contributed by atoms with Crippen molar-refractivity contribution in [3.63, 3.8) is 0 Å². The number of ether oxygens (including phenoxy) is 1. The fourth-order valence-corrected chi connectivity index (χ4v) is 3.38. The molecule has 27 heavy (non-hydrogen) atoms. The fraction of sp³-hybridized carbons (Fsp3) is 0.524. The van der Waals surface area contributed by atoms with Crippen LogP contribution in [-0.2, 0) is 0 Å². The molecule has 5 nitrogen and oxygen atoms in total. The van der Waals surface area contributed by atoms with Gasteiger partial charge in [-0.2, -0.15) is 4.98 Å². The van der Waals surface area contributed by atoms with Crippen LogP contribution in [0.25, 0.3) is 0 Å². The number of nitrogens with one attached hydrogen (secondary N) is 1. The van der Waals surface area contributed by atoms with E-state index in [4.69, 9.17) is 4.74 Å². The van der Waals surface area contributed by atoms with Crippen LogP contribution < -0.4 is 15.0 Å². The minimum atomic E-state index is -0.805. The molecule has 3 rings (SSSR count). The Labute approximate surface area is 161 Å². The zero-order chi connectivity index (χ0) is 19.4. The van der Waals surface area contributed by atoms with Crippen molar-refractivity contribution in [3.05, 3.63) is 35.5 Å². The summed E-state index contributed by atoms with van der Waals surface area (Å²) in [5.41, 5.74) is 3.24. The van der Waals surface area contributed by atoms with Crippen LogP contribution in [0.4, 0.5) is 21.8 Å². The Balaban J connectivity index is 1.84. The van der Waals surface area contributed by atoms with E-state index in [2.05, 4.69) is 48.2 Å². The number of aryl methyl sites for hydroxylation is 1. The maximum absolute atomic E-state index is 13.7. The summed E-state index contributed by atoms with van der Waals surface area (Å²) in [6, 6.07) is 6.04. The number of benzene rings is 1. The highest BCUT2D eigenvalue weighted by atomic mass is 19.1. The summed E-state index contributed by atoms with van der Waals surface area (Å²) in [4.78, 5) is 10.9. The molecule has 1 saturated heterocycles. The molecule has 6 heteroatoms. The van der Waals surface area contributed by atoms with Crippen LogP contribution in [0.2, 0.25) is 0 Å². The summed E-state index contributed by atoms with van der Waals surface area (Å²) in [6.45, 7) is 10.2. The normalized spacial score (nSPS) is 17.3. The largest absolute Gasteiger partial charge is 0.494 e. The van der Waals surface area contributed by atoms with E-state index in [1.54, 1.807) is 6.20 Å². The van der Waals surface area contributed by atoms with Gasteiger partial charge in [-0.05, 0) is 61.9 Å². The van der Waals surface area contributed by atoms with Crippen LogP contribution in [0, 0.1) is 6.92 Å². The van der Waals surface area contributed by atoms with Crippen molar-refractivity contribution in [2.75, 3.05) is 29.9 Å². The summed E-state index contributed by atoms with van der Waals surface area (Å²) >= 11 is 0. The van der Waals surface area contributed by atoms with Gasteiger partial charge in [-0.25, -0.2) is 9.37 Å². The number of alkyl halides is 1. The van der Waals surface area contributed by atoms with Crippen LogP contribution >= 0.6 is 0 Å². The summed E-state index contributed by atoms with van der Waals surface area (Å²) < 4.78 is 19.5. The summed E-state index contributed by atoms with van der Waals surface area (Å²) in [6.07, 6.45) is 2.37. The van der Waals surface area contributed by atoms with Gasteiger partial charge in [-0.3, -0.25) is 0 Å². The molecular formula is C21H29FN4O. The maximum Gasteiger partial charge on any atom is 0.227 e. The third-order valence-corrected chi connectivity index (χ3v) is 4.83. The van der Waals surface area contributed by atoms with Crippen molar-refractivity contribution in [2.24, 2.45) is 0 Å². The molecule has 1 unspecified atom stereocenters. The number of rotatable bonds is 6. The minimum absolute atomic E-state index is 0.350. The molecule has 0 spiro atoms. The SMILES string of the molecule is CCOc1cc(C)c(Nc2ccnc(N3CCCC(F)C3)n2)cc1C(C)C. The van der Waals surface area contributed by atoms with Crippen LogP contribution in [0.3, 0.4) is 0 Å².